The highest BCUT2D eigenvalue weighted by atomic mass is 16.5. The second-order valence-corrected chi connectivity index (χ2v) is 4.73. The minimum absolute atomic E-state index is 0.844. The molecule has 1 heteroatoms. The van der Waals surface area contributed by atoms with E-state index < -0.39 is 0 Å². The zero-order chi connectivity index (χ0) is 14.4. The van der Waals surface area contributed by atoms with Crippen LogP contribution in [0.25, 0.3) is 21.5 Å². The van der Waals surface area contributed by atoms with Crippen molar-refractivity contribution in [3.8, 4) is 0 Å². The molecule has 3 rings (SSSR count). The van der Waals surface area contributed by atoms with Crippen LogP contribution in [0.4, 0.5) is 0 Å². The van der Waals surface area contributed by atoms with Crippen LogP contribution in [-0.2, 0) is 4.74 Å². The van der Waals surface area contributed by atoms with Crippen LogP contribution in [0.2, 0.25) is 0 Å². The van der Waals surface area contributed by atoms with E-state index in [2.05, 4.69) is 61.5 Å². The van der Waals surface area contributed by atoms with Crippen molar-refractivity contribution < 1.29 is 4.74 Å². The Morgan fingerprint density at radius 2 is 1.20 bits per heavy atom. The maximum absolute atomic E-state index is 4.83. The van der Waals surface area contributed by atoms with Crippen molar-refractivity contribution in [1.29, 1.82) is 0 Å². The molecule has 0 atom stereocenters. The van der Waals surface area contributed by atoms with Crippen molar-refractivity contribution in [3.63, 3.8) is 0 Å². The van der Waals surface area contributed by atoms with E-state index >= 15 is 0 Å². The topological polar surface area (TPSA) is 9.23 Å². The van der Waals surface area contributed by atoms with Crippen molar-refractivity contribution >= 4 is 21.5 Å². The van der Waals surface area contributed by atoms with Crippen LogP contribution in [0.15, 0.2) is 54.6 Å². The van der Waals surface area contributed by atoms with Gasteiger partial charge in [0, 0.05) is 13.2 Å². The zero-order valence-corrected chi connectivity index (χ0v) is 12.5. The highest BCUT2D eigenvalue weighted by Gasteiger charge is 2.01. The number of rotatable bonds is 2. The molecule has 0 spiro atoms. The molecule has 0 aliphatic heterocycles. The number of hydrogen-bond acceptors (Lipinski definition) is 1. The Bertz CT molecular complexity index is 629. The lowest BCUT2D eigenvalue weighted by molar-refractivity contribution is 0.162. The third-order valence-electron chi connectivity index (χ3n) is 3.45. The summed E-state index contributed by atoms with van der Waals surface area (Å²) < 4.78 is 4.83. The Labute approximate surface area is 121 Å². The van der Waals surface area contributed by atoms with Crippen LogP contribution in [0.3, 0.4) is 0 Å². The van der Waals surface area contributed by atoms with Crippen molar-refractivity contribution in [3.05, 3.63) is 60.2 Å². The first kappa shape index (κ1) is 14.5. The number of hydrogen-bond donors (Lipinski definition) is 0. The predicted molar refractivity (Wildman–Crippen MR) is 88.4 cm³/mol. The SMILES string of the molecule is CCOCC.Cc1c2ccccc2cc2ccccc12. The Morgan fingerprint density at radius 1 is 0.750 bits per heavy atom. The Balaban J connectivity index is 0.000000257. The summed E-state index contributed by atoms with van der Waals surface area (Å²) in [5.41, 5.74) is 1.38. The van der Waals surface area contributed by atoms with E-state index in [1.165, 1.54) is 27.1 Å². The van der Waals surface area contributed by atoms with Crippen LogP contribution in [0.1, 0.15) is 19.4 Å². The molecule has 0 bridgehead atoms. The number of aryl methyl sites for hydroxylation is 1. The van der Waals surface area contributed by atoms with Gasteiger partial charge < -0.3 is 4.74 Å². The first-order valence-electron chi connectivity index (χ1n) is 7.22. The Hall–Kier alpha value is -1.86. The fourth-order valence-corrected chi connectivity index (χ4v) is 2.45. The quantitative estimate of drug-likeness (QED) is 0.568. The minimum Gasteiger partial charge on any atom is -0.382 e. The maximum atomic E-state index is 4.83. The largest absolute Gasteiger partial charge is 0.382 e. The molecule has 1 nitrogen and oxygen atoms in total. The summed E-state index contributed by atoms with van der Waals surface area (Å²) >= 11 is 0. The van der Waals surface area contributed by atoms with Gasteiger partial charge in [-0.25, -0.2) is 0 Å². The van der Waals surface area contributed by atoms with E-state index in [0.717, 1.165) is 13.2 Å². The average Bonchev–Trinajstić information content (AvgIpc) is 2.49. The normalized spacial score (nSPS) is 10.3. The lowest BCUT2D eigenvalue weighted by atomic mass is 9.98. The van der Waals surface area contributed by atoms with E-state index in [1.807, 2.05) is 13.8 Å². The molecule has 0 aliphatic carbocycles. The Kier molecular flexibility index (Phi) is 5.14. The summed E-state index contributed by atoms with van der Waals surface area (Å²) in [7, 11) is 0. The van der Waals surface area contributed by atoms with Gasteiger partial charge in [-0.05, 0) is 53.9 Å². The molecule has 104 valence electrons. The molecule has 0 aromatic heterocycles. The van der Waals surface area contributed by atoms with Gasteiger partial charge in [0.2, 0.25) is 0 Å². The van der Waals surface area contributed by atoms with Gasteiger partial charge in [0.15, 0.2) is 0 Å². The standard InChI is InChI=1S/C15H12.C4H10O/c1-11-14-8-4-2-6-12(14)10-13-7-3-5-9-15(11)13;1-3-5-4-2/h2-10H,1H3;3-4H2,1-2H3. The van der Waals surface area contributed by atoms with Gasteiger partial charge in [-0.1, -0.05) is 48.5 Å². The zero-order valence-electron chi connectivity index (χ0n) is 12.5. The molecule has 20 heavy (non-hydrogen) atoms. The van der Waals surface area contributed by atoms with Crippen LogP contribution in [-0.4, -0.2) is 13.2 Å². The van der Waals surface area contributed by atoms with Gasteiger partial charge in [-0.3, -0.25) is 0 Å². The molecule has 0 N–H and O–H groups in total. The molecule has 0 amide bonds. The first-order chi connectivity index (χ1) is 9.77. The van der Waals surface area contributed by atoms with Crippen molar-refractivity contribution in [2.75, 3.05) is 13.2 Å². The molecule has 0 fully saturated rings. The van der Waals surface area contributed by atoms with Crippen LogP contribution < -0.4 is 0 Å². The van der Waals surface area contributed by atoms with Gasteiger partial charge in [0.25, 0.3) is 0 Å². The molecule has 0 radical (unpaired) electrons. The maximum Gasteiger partial charge on any atom is 0.0437 e. The molecule has 3 aromatic carbocycles. The molecule has 0 aliphatic rings. The van der Waals surface area contributed by atoms with Crippen LogP contribution >= 0.6 is 0 Å². The van der Waals surface area contributed by atoms with Gasteiger partial charge in [-0.15, -0.1) is 0 Å². The second-order valence-electron chi connectivity index (χ2n) is 4.73. The monoisotopic (exact) mass is 266 g/mol. The molecule has 3 aromatic rings. The van der Waals surface area contributed by atoms with Crippen molar-refractivity contribution in [2.45, 2.75) is 20.8 Å². The van der Waals surface area contributed by atoms with Crippen molar-refractivity contribution in [2.24, 2.45) is 0 Å². The molecule has 0 saturated carbocycles. The Morgan fingerprint density at radius 3 is 1.60 bits per heavy atom. The fraction of sp³-hybridized carbons (Fsp3) is 0.263. The van der Waals surface area contributed by atoms with Crippen LogP contribution in [0.5, 0.6) is 0 Å². The second kappa shape index (κ2) is 7.06. The third kappa shape index (κ3) is 3.17. The summed E-state index contributed by atoms with van der Waals surface area (Å²) in [6.45, 7) is 7.87. The lowest BCUT2D eigenvalue weighted by Gasteiger charge is -2.06. The van der Waals surface area contributed by atoms with E-state index in [4.69, 9.17) is 4.74 Å². The summed E-state index contributed by atoms with van der Waals surface area (Å²) in [4.78, 5) is 0. The minimum atomic E-state index is 0.844. The summed E-state index contributed by atoms with van der Waals surface area (Å²) in [6, 6.07) is 19.4. The van der Waals surface area contributed by atoms with Gasteiger partial charge in [0.05, 0.1) is 0 Å². The first-order valence-corrected chi connectivity index (χ1v) is 7.22. The predicted octanol–water partition coefficient (Wildman–Crippen LogP) is 5.34. The highest BCUT2D eigenvalue weighted by Crippen LogP contribution is 2.27. The fourth-order valence-electron chi connectivity index (χ4n) is 2.45. The van der Waals surface area contributed by atoms with Crippen LogP contribution in [0, 0.1) is 6.92 Å². The van der Waals surface area contributed by atoms with E-state index in [-0.39, 0.29) is 0 Å². The van der Waals surface area contributed by atoms with Gasteiger partial charge in [0.1, 0.15) is 0 Å². The summed E-state index contributed by atoms with van der Waals surface area (Å²) in [5.74, 6) is 0. The number of ether oxygens (including phenoxy) is 1. The van der Waals surface area contributed by atoms with Gasteiger partial charge in [-0.2, -0.15) is 0 Å². The molecular weight excluding hydrogens is 244 g/mol. The lowest BCUT2D eigenvalue weighted by Crippen LogP contribution is -1.84. The van der Waals surface area contributed by atoms with Crippen molar-refractivity contribution in [1.82, 2.24) is 0 Å². The summed E-state index contributed by atoms with van der Waals surface area (Å²) in [6.07, 6.45) is 0. The number of benzene rings is 3. The van der Waals surface area contributed by atoms with E-state index in [9.17, 15) is 0 Å². The van der Waals surface area contributed by atoms with Gasteiger partial charge >= 0.3 is 0 Å². The summed E-state index contributed by atoms with van der Waals surface area (Å²) in [5, 5.41) is 5.37. The highest BCUT2D eigenvalue weighted by molar-refractivity contribution is 6.01. The molecule has 0 unspecified atom stereocenters. The smallest absolute Gasteiger partial charge is 0.0437 e. The molecule has 0 heterocycles. The third-order valence-corrected chi connectivity index (χ3v) is 3.45. The molecular formula is C19H22O. The average molecular weight is 266 g/mol. The van der Waals surface area contributed by atoms with E-state index in [0.29, 0.717) is 0 Å². The molecule has 0 saturated heterocycles. The van der Waals surface area contributed by atoms with E-state index in [1.54, 1.807) is 0 Å². The number of fused-ring (bicyclic) bond motifs is 2.